The van der Waals surface area contributed by atoms with E-state index in [4.69, 9.17) is 16.7 Å². The summed E-state index contributed by atoms with van der Waals surface area (Å²) in [5.41, 5.74) is 1.58. The number of hydrogen-bond acceptors (Lipinski definition) is 4. The van der Waals surface area contributed by atoms with E-state index in [0.717, 1.165) is 0 Å². The van der Waals surface area contributed by atoms with Crippen molar-refractivity contribution in [2.24, 2.45) is 5.92 Å². The van der Waals surface area contributed by atoms with Crippen molar-refractivity contribution in [3.05, 3.63) is 45.4 Å². The molecule has 1 aromatic carbocycles. The largest absolute Gasteiger partial charge is 0.480 e. The third-order valence-corrected chi connectivity index (χ3v) is 3.56. The molecule has 1 aromatic heterocycles. The topological polar surface area (TPSA) is 98.3 Å². The van der Waals surface area contributed by atoms with E-state index in [1.165, 1.54) is 23.0 Å². The van der Waals surface area contributed by atoms with Crippen LogP contribution in [-0.2, 0) is 17.8 Å². The van der Waals surface area contributed by atoms with Gasteiger partial charge in [0.15, 0.2) is 0 Å². The number of aliphatic carboxylic acids is 1. The van der Waals surface area contributed by atoms with Crippen molar-refractivity contribution in [1.82, 2.24) is 9.55 Å². The molecule has 0 unspecified atom stereocenters. The maximum Gasteiger partial charge on any atom is 0.323 e. The molecule has 0 radical (unpaired) electrons. The first-order valence-corrected chi connectivity index (χ1v) is 7.37. The first kappa shape index (κ1) is 17.0. The second-order valence-corrected chi connectivity index (χ2v) is 5.99. The lowest BCUT2D eigenvalue weighted by atomic mass is 10.0. The van der Waals surface area contributed by atoms with Gasteiger partial charge in [0.25, 0.3) is 5.69 Å². The van der Waals surface area contributed by atoms with Gasteiger partial charge < -0.3 is 9.67 Å². The van der Waals surface area contributed by atoms with E-state index in [1.807, 2.05) is 13.8 Å². The summed E-state index contributed by atoms with van der Waals surface area (Å²) in [4.78, 5) is 25.8. The van der Waals surface area contributed by atoms with Crippen LogP contribution in [0.3, 0.4) is 0 Å². The van der Waals surface area contributed by atoms with Gasteiger partial charge in [0.05, 0.1) is 22.6 Å². The molecule has 0 fully saturated rings. The van der Waals surface area contributed by atoms with E-state index in [0.29, 0.717) is 29.3 Å². The van der Waals surface area contributed by atoms with Gasteiger partial charge in [0, 0.05) is 11.6 Å². The third-order valence-electron chi connectivity index (χ3n) is 3.24. The zero-order chi connectivity index (χ0) is 17.1. The van der Waals surface area contributed by atoms with Gasteiger partial charge in [-0.1, -0.05) is 31.5 Å². The molecule has 122 valence electrons. The molecule has 0 spiro atoms. The number of rotatable bonds is 6. The second-order valence-electron chi connectivity index (χ2n) is 5.58. The Balaban J connectivity index is 2.59. The number of nitro benzene ring substituents is 1. The molecule has 2 rings (SSSR count). The molecule has 0 amide bonds. The molecule has 2 aromatic rings. The highest BCUT2D eigenvalue weighted by molar-refractivity contribution is 6.32. The van der Waals surface area contributed by atoms with Crippen molar-refractivity contribution in [2.75, 3.05) is 0 Å². The monoisotopic (exact) mass is 337 g/mol. The standard InChI is InChI=1S/C15H16ClN3O4/c1-9(2)5-12-15(18(8-17-12)7-14(20)21)10-3-4-11(16)13(6-10)19(22)23/h3-4,6,8-9H,5,7H2,1-2H3,(H,20,21). The zero-order valence-corrected chi connectivity index (χ0v) is 13.4. The van der Waals surface area contributed by atoms with Crippen LogP contribution in [0.25, 0.3) is 11.3 Å². The van der Waals surface area contributed by atoms with E-state index in [1.54, 1.807) is 6.07 Å². The van der Waals surface area contributed by atoms with Gasteiger partial charge in [0.1, 0.15) is 11.6 Å². The first-order chi connectivity index (χ1) is 10.8. The minimum Gasteiger partial charge on any atom is -0.480 e. The van der Waals surface area contributed by atoms with Gasteiger partial charge >= 0.3 is 5.97 Å². The van der Waals surface area contributed by atoms with Crippen LogP contribution in [0.5, 0.6) is 0 Å². The first-order valence-electron chi connectivity index (χ1n) is 6.99. The second kappa shape index (κ2) is 6.78. The summed E-state index contributed by atoms with van der Waals surface area (Å²) >= 11 is 5.84. The number of halogens is 1. The molecule has 0 saturated heterocycles. The molecule has 23 heavy (non-hydrogen) atoms. The van der Waals surface area contributed by atoms with Gasteiger partial charge in [-0.25, -0.2) is 4.98 Å². The van der Waals surface area contributed by atoms with Gasteiger partial charge in [-0.3, -0.25) is 14.9 Å². The van der Waals surface area contributed by atoms with Crippen LogP contribution in [0, 0.1) is 16.0 Å². The number of hydrogen-bond donors (Lipinski definition) is 1. The highest BCUT2D eigenvalue weighted by Gasteiger charge is 2.20. The Labute approximate surface area is 137 Å². The number of carboxylic acid groups (broad SMARTS) is 1. The summed E-state index contributed by atoms with van der Waals surface area (Å²) < 4.78 is 1.48. The van der Waals surface area contributed by atoms with Gasteiger partial charge in [0.2, 0.25) is 0 Å². The lowest BCUT2D eigenvalue weighted by molar-refractivity contribution is -0.384. The van der Waals surface area contributed by atoms with Crippen LogP contribution in [0.15, 0.2) is 24.5 Å². The predicted octanol–water partition coefficient (Wildman–Crippen LogP) is 3.39. The zero-order valence-electron chi connectivity index (χ0n) is 12.7. The summed E-state index contributed by atoms with van der Waals surface area (Å²) in [6, 6.07) is 4.42. The molecular formula is C15H16ClN3O4. The summed E-state index contributed by atoms with van der Waals surface area (Å²) in [5.74, 6) is -0.701. The maximum absolute atomic E-state index is 11.1. The number of nitro groups is 1. The summed E-state index contributed by atoms with van der Waals surface area (Å²) in [5, 5.41) is 20.1. The van der Waals surface area contributed by atoms with Crippen molar-refractivity contribution in [1.29, 1.82) is 0 Å². The molecule has 0 atom stereocenters. The highest BCUT2D eigenvalue weighted by Crippen LogP contribution is 2.32. The SMILES string of the molecule is CC(C)Cc1ncn(CC(=O)O)c1-c1ccc(Cl)c([N+](=O)[O-])c1. The number of benzene rings is 1. The van der Waals surface area contributed by atoms with E-state index in [-0.39, 0.29) is 17.3 Å². The quantitative estimate of drug-likeness (QED) is 0.643. The number of nitrogens with zero attached hydrogens (tertiary/aromatic N) is 3. The normalized spacial score (nSPS) is 11.0. The van der Waals surface area contributed by atoms with Crippen molar-refractivity contribution in [3.63, 3.8) is 0 Å². The van der Waals surface area contributed by atoms with Gasteiger partial charge in [-0.2, -0.15) is 0 Å². The van der Waals surface area contributed by atoms with E-state index in [9.17, 15) is 14.9 Å². The fourth-order valence-electron chi connectivity index (χ4n) is 2.36. The lowest BCUT2D eigenvalue weighted by Gasteiger charge is -2.10. The summed E-state index contributed by atoms with van der Waals surface area (Å²) in [6.07, 6.45) is 2.08. The van der Waals surface area contributed by atoms with Crippen molar-refractivity contribution in [2.45, 2.75) is 26.8 Å². The summed E-state index contributed by atoms with van der Waals surface area (Å²) in [7, 11) is 0. The van der Waals surface area contributed by atoms with Crippen LogP contribution in [-0.4, -0.2) is 25.6 Å². The number of carbonyl (C=O) groups is 1. The minimum absolute atomic E-state index is 0.0356. The molecule has 0 bridgehead atoms. The van der Waals surface area contributed by atoms with Crippen LogP contribution in [0.2, 0.25) is 5.02 Å². The molecule has 1 N–H and O–H groups in total. The fourth-order valence-corrected chi connectivity index (χ4v) is 2.54. The average molecular weight is 338 g/mol. The number of carboxylic acids is 1. The third kappa shape index (κ3) is 3.87. The Morgan fingerprint density at radius 2 is 2.17 bits per heavy atom. The van der Waals surface area contributed by atoms with Crippen molar-refractivity contribution >= 4 is 23.3 Å². The molecule has 0 saturated carbocycles. The smallest absolute Gasteiger partial charge is 0.323 e. The van der Waals surface area contributed by atoms with E-state index < -0.39 is 10.9 Å². The molecule has 0 aliphatic heterocycles. The number of aromatic nitrogens is 2. The van der Waals surface area contributed by atoms with E-state index >= 15 is 0 Å². The molecule has 8 heteroatoms. The van der Waals surface area contributed by atoms with E-state index in [2.05, 4.69) is 4.98 Å². The molecule has 1 heterocycles. The Bertz CT molecular complexity index is 755. The Hall–Kier alpha value is -2.41. The van der Waals surface area contributed by atoms with Crippen LogP contribution in [0.4, 0.5) is 5.69 Å². The maximum atomic E-state index is 11.1. The molecule has 7 nitrogen and oxygen atoms in total. The van der Waals surface area contributed by atoms with Gasteiger partial charge in [-0.05, 0) is 18.4 Å². The Morgan fingerprint density at radius 1 is 1.48 bits per heavy atom. The summed E-state index contributed by atoms with van der Waals surface area (Å²) in [6.45, 7) is 3.77. The Morgan fingerprint density at radius 3 is 2.74 bits per heavy atom. The van der Waals surface area contributed by atoms with Crippen LogP contribution < -0.4 is 0 Å². The van der Waals surface area contributed by atoms with Crippen LogP contribution in [0.1, 0.15) is 19.5 Å². The van der Waals surface area contributed by atoms with Crippen LogP contribution >= 0.6 is 11.6 Å². The predicted molar refractivity (Wildman–Crippen MR) is 85.5 cm³/mol. The van der Waals surface area contributed by atoms with Crippen molar-refractivity contribution in [3.8, 4) is 11.3 Å². The number of imidazole rings is 1. The van der Waals surface area contributed by atoms with Gasteiger partial charge in [-0.15, -0.1) is 0 Å². The Kier molecular flexibility index (Phi) is 5.00. The minimum atomic E-state index is -1.01. The highest BCUT2D eigenvalue weighted by atomic mass is 35.5. The fraction of sp³-hybridized carbons (Fsp3) is 0.333. The molecule has 0 aliphatic rings. The molecule has 0 aliphatic carbocycles. The molecular weight excluding hydrogens is 322 g/mol. The van der Waals surface area contributed by atoms with Crippen molar-refractivity contribution < 1.29 is 14.8 Å². The average Bonchev–Trinajstić information content (AvgIpc) is 2.80. The lowest BCUT2D eigenvalue weighted by Crippen LogP contribution is -2.10.